The second-order valence-corrected chi connectivity index (χ2v) is 6.27. The van der Waals surface area contributed by atoms with Crippen LogP contribution in [-0.4, -0.2) is 15.2 Å². The lowest BCUT2D eigenvalue weighted by Crippen LogP contribution is -2.15. The molecule has 1 heterocycles. The summed E-state index contributed by atoms with van der Waals surface area (Å²) in [4.78, 5) is 8.30. The second-order valence-electron chi connectivity index (χ2n) is 4.64. The summed E-state index contributed by atoms with van der Waals surface area (Å²) in [6, 6.07) is 0. The molecule has 0 bridgehead atoms. The number of hydrogen-bond donors (Lipinski definition) is 0. The van der Waals surface area contributed by atoms with Crippen LogP contribution in [0.4, 0.5) is 0 Å². The molecule has 0 N–H and O–H groups in total. The van der Waals surface area contributed by atoms with Crippen molar-refractivity contribution in [1.82, 2.24) is 9.97 Å². The molecule has 0 saturated heterocycles. The molecule has 0 aromatic carbocycles. The van der Waals surface area contributed by atoms with Crippen molar-refractivity contribution < 1.29 is 0 Å². The van der Waals surface area contributed by atoms with Gasteiger partial charge in [-0.3, -0.25) is 0 Å². The molecule has 0 amide bonds. The van der Waals surface area contributed by atoms with Crippen LogP contribution in [0.2, 0.25) is 5.28 Å². The molecule has 0 radical (unpaired) electrons. The van der Waals surface area contributed by atoms with Gasteiger partial charge < -0.3 is 0 Å². The summed E-state index contributed by atoms with van der Waals surface area (Å²) in [7, 11) is 0. The number of nitrogens with zero attached hydrogens (tertiary/aromatic N) is 2. The molecule has 2 atom stereocenters. The zero-order valence-electron chi connectivity index (χ0n) is 9.74. The van der Waals surface area contributed by atoms with E-state index in [1.54, 1.807) is 0 Å². The summed E-state index contributed by atoms with van der Waals surface area (Å²) < 4.78 is 0. The number of aromatic nitrogens is 2. The van der Waals surface area contributed by atoms with Gasteiger partial charge in [0.1, 0.15) is 5.03 Å². The molecule has 1 aliphatic rings. The number of rotatable bonds is 2. The maximum absolute atomic E-state index is 5.83. The van der Waals surface area contributed by atoms with Gasteiger partial charge >= 0.3 is 0 Å². The molecule has 1 aromatic heterocycles. The summed E-state index contributed by atoms with van der Waals surface area (Å²) in [5.41, 5.74) is 1.13. The Morgan fingerprint density at radius 3 is 3.00 bits per heavy atom. The van der Waals surface area contributed by atoms with Crippen molar-refractivity contribution in [2.24, 2.45) is 5.92 Å². The van der Waals surface area contributed by atoms with Crippen LogP contribution in [0.1, 0.15) is 38.2 Å². The number of thioether (sulfide) groups is 1. The van der Waals surface area contributed by atoms with Gasteiger partial charge in [-0.25, -0.2) is 9.97 Å². The summed E-state index contributed by atoms with van der Waals surface area (Å²) in [5.74, 6) is 0.851. The van der Waals surface area contributed by atoms with E-state index in [-0.39, 0.29) is 0 Å². The predicted octanol–water partition coefficient (Wildman–Crippen LogP) is 4.11. The van der Waals surface area contributed by atoms with Crippen molar-refractivity contribution in [3.8, 4) is 0 Å². The van der Waals surface area contributed by atoms with Gasteiger partial charge in [0.05, 0.1) is 0 Å². The third kappa shape index (κ3) is 3.11. The first-order valence-electron chi connectivity index (χ1n) is 5.81. The molecule has 1 fully saturated rings. The maximum Gasteiger partial charge on any atom is 0.223 e. The maximum atomic E-state index is 5.83. The van der Waals surface area contributed by atoms with Gasteiger partial charge in [-0.2, -0.15) is 0 Å². The summed E-state index contributed by atoms with van der Waals surface area (Å²) >= 11 is 7.70. The minimum atomic E-state index is 0.358. The second kappa shape index (κ2) is 5.37. The number of halogens is 1. The zero-order chi connectivity index (χ0) is 11.5. The van der Waals surface area contributed by atoms with E-state index in [2.05, 4.69) is 16.9 Å². The molecule has 2 rings (SSSR count). The van der Waals surface area contributed by atoms with Gasteiger partial charge in [-0.1, -0.05) is 19.8 Å². The molecule has 1 saturated carbocycles. The average Bonchev–Trinajstić information content (AvgIpc) is 2.24. The fourth-order valence-electron chi connectivity index (χ4n) is 2.17. The average molecular weight is 257 g/mol. The quantitative estimate of drug-likeness (QED) is 0.588. The Bertz CT molecular complexity index is 370. The van der Waals surface area contributed by atoms with E-state index in [1.165, 1.54) is 25.7 Å². The van der Waals surface area contributed by atoms with Crippen molar-refractivity contribution in [2.75, 3.05) is 0 Å². The van der Waals surface area contributed by atoms with Gasteiger partial charge in [-0.05, 0) is 42.8 Å². The Labute approximate surface area is 106 Å². The van der Waals surface area contributed by atoms with Gasteiger partial charge in [0.15, 0.2) is 0 Å². The lowest BCUT2D eigenvalue weighted by molar-refractivity contribution is 0.394. The van der Waals surface area contributed by atoms with E-state index in [4.69, 9.17) is 11.6 Å². The lowest BCUT2D eigenvalue weighted by Gasteiger charge is -2.26. The smallest absolute Gasteiger partial charge is 0.223 e. The van der Waals surface area contributed by atoms with E-state index >= 15 is 0 Å². The molecule has 0 spiro atoms. The summed E-state index contributed by atoms with van der Waals surface area (Å²) in [6.45, 7) is 4.39. The largest absolute Gasteiger partial charge is 0.226 e. The molecule has 0 aliphatic heterocycles. The minimum Gasteiger partial charge on any atom is -0.226 e. The van der Waals surface area contributed by atoms with Crippen molar-refractivity contribution >= 4 is 23.4 Å². The molecule has 2 nitrogen and oxygen atoms in total. The third-order valence-electron chi connectivity index (χ3n) is 3.06. The van der Waals surface area contributed by atoms with E-state index < -0.39 is 0 Å². The number of aryl methyl sites for hydroxylation is 1. The van der Waals surface area contributed by atoms with Gasteiger partial charge in [-0.15, -0.1) is 11.8 Å². The normalized spacial score (nSPS) is 25.7. The highest BCUT2D eigenvalue weighted by molar-refractivity contribution is 7.99. The molecule has 4 heteroatoms. The van der Waals surface area contributed by atoms with E-state index in [0.29, 0.717) is 10.5 Å². The molecular weight excluding hydrogens is 240 g/mol. The predicted molar refractivity (Wildman–Crippen MR) is 69.1 cm³/mol. The Morgan fingerprint density at radius 2 is 2.25 bits per heavy atom. The highest BCUT2D eigenvalue weighted by Gasteiger charge is 2.21. The lowest BCUT2D eigenvalue weighted by atomic mass is 9.91. The van der Waals surface area contributed by atoms with Crippen LogP contribution in [0, 0.1) is 12.8 Å². The molecule has 88 valence electrons. The first-order valence-corrected chi connectivity index (χ1v) is 7.06. The summed E-state index contributed by atoms with van der Waals surface area (Å²) in [6.07, 6.45) is 7.13. The minimum absolute atomic E-state index is 0.358. The molecule has 2 unspecified atom stereocenters. The summed E-state index contributed by atoms with van der Waals surface area (Å²) in [5, 5.41) is 2.12. The van der Waals surface area contributed by atoms with Gasteiger partial charge in [0, 0.05) is 11.4 Å². The highest BCUT2D eigenvalue weighted by Crippen LogP contribution is 2.36. The van der Waals surface area contributed by atoms with Crippen LogP contribution in [0.3, 0.4) is 0 Å². The van der Waals surface area contributed by atoms with Crippen molar-refractivity contribution in [3.63, 3.8) is 0 Å². The highest BCUT2D eigenvalue weighted by atomic mass is 35.5. The van der Waals surface area contributed by atoms with Crippen LogP contribution in [0.15, 0.2) is 11.2 Å². The number of hydrogen-bond acceptors (Lipinski definition) is 3. The molecule has 1 aliphatic carbocycles. The van der Waals surface area contributed by atoms with E-state index in [9.17, 15) is 0 Å². The van der Waals surface area contributed by atoms with Crippen molar-refractivity contribution in [1.29, 1.82) is 0 Å². The van der Waals surface area contributed by atoms with Crippen LogP contribution < -0.4 is 0 Å². The van der Waals surface area contributed by atoms with Gasteiger partial charge in [0.2, 0.25) is 5.28 Å². The van der Waals surface area contributed by atoms with E-state index in [1.807, 2.05) is 24.9 Å². The SMILES string of the molecule is Cc1cnc(Cl)nc1SC1CCCC(C)C1. The zero-order valence-corrected chi connectivity index (χ0v) is 11.3. The fraction of sp³-hybridized carbons (Fsp3) is 0.667. The molecule has 16 heavy (non-hydrogen) atoms. The molecule has 1 aromatic rings. The van der Waals surface area contributed by atoms with Crippen molar-refractivity contribution in [2.45, 2.75) is 49.8 Å². The van der Waals surface area contributed by atoms with Crippen LogP contribution in [0.5, 0.6) is 0 Å². The van der Waals surface area contributed by atoms with Crippen LogP contribution in [-0.2, 0) is 0 Å². The van der Waals surface area contributed by atoms with Crippen molar-refractivity contribution in [3.05, 3.63) is 17.0 Å². The first-order chi connectivity index (χ1) is 7.65. The Hall–Kier alpha value is -0.280. The van der Waals surface area contributed by atoms with Gasteiger partial charge in [0.25, 0.3) is 0 Å². The Morgan fingerprint density at radius 1 is 1.44 bits per heavy atom. The molecular formula is C12H17ClN2S. The third-order valence-corrected chi connectivity index (χ3v) is 4.64. The fourth-order valence-corrected chi connectivity index (χ4v) is 3.76. The van der Waals surface area contributed by atoms with Crippen LogP contribution >= 0.6 is 23.4 Å². The first kappa shape index (κ1) is 12.2. The monoisotopic (exact) mass is 256 g/mol. The topological polar surface area (TPSA) is 25.8 Å². The van der Waals surface area contributed by atoms with Crippen LogP contribution in [0.25, 0.3) is 0 Å². The Balaban J connectivity index is 2.05. The Kier molecular flexibility index (Phi) is 4.09. The standard InChI is InChI=1S/C12H17ClN2S/c1-8-4-3-5-10(6-8)16-11-9(2)7-14-12(13)15-11/h7-8,10H,3-6H2,1-2H3. The van der Waals surface area contributed by atoms with E-state index in [0.717, 1.165) is 16.5 Å².